The Balaban J connectivity index is 1.91. The van der Waals surface area contributed by atoms with Gasteiger partial charge in [-0.15, -0.1) is 0 Å². The molecule has 0 atom stereocenters. The molecule has 0 aliphatic heterocycles. The first-order valence-corrected chi connectivity index (χ1v) is 11.0. The molecule has 0 aliphatic rings. The van der Waals surface area contributed by atoms with Crippen molar-refractivity contribution < 1.29 is 9.36 Å². The molecule has 6 heteroatoms. The highest BCUT2D eigenvalue weighted by Crippen LogP contribution is 2.38. The molecule has 146 valence electrons. The Bertz CT molecular complexity index is 975. The molecule has 29 heavy (non-hydrogen) atoms. The van der Waals surface area contributed by atoms with Crippen LogP contribution in [0, 0.1) is 11.3 Å². The predicted octanol–water partition coefficient (Wildman–Crippen LogP) is 4.04. The van der Waals surface area contributed by atoms with Gasteiger partial charge in [0.15, 0.2) is 0 Å². The zero-order valence-corrected chi connectivity index (χ0v) is 16.8. The van der Waals surface area contributed by atoms with E-state index in [1.54, 1.807) is 48.5 Å². The van der Waals surface area contributed by atoms with E-state index in [0.717, 1.165) is 5.56 Å². The Morgan fingerprint density at radius 1 is 0.862 bits per heavy atom. The van der Waals surface area contributed by atoms with Crippen LogP contribution in [0.2, 0.25) is 0 Å². The number of benzene rings is 3. The van der Waals surface area contributed by atoms with Crippen molar-refractivity contribution >= 4 is 23.9 Å². The summed E-state index contributed by atoms with van der Waals surface area (Å²) in [5, 5.41) is 12.9. The Hall–Kier alpha value is -3.35. The summed E-state index contributed by atoms with van der Waals surface area (Å²) in [6.07, 6.45) is 0.196. The molecule has 0 aliphatic carbocycles. The number of nitrogens with zero attached hydrogens (tertiary/aromatic N) is 2. The molecule has 3 aromatic carbocycles. The molecule has 0 fully saturated rings. The van der Waals surface area contributed by atoms with E-state index in [0.29, 0.717) is 17.2 Å². The third kappa shape index (κ3) is 5.13. The third-order valence-electron chi connectivity index (χ3n) is 4.49. The molecule has 0 saturated heterocycles. The average Bonchev–Trinajstić information content (AvgIpc) is 2.78. The molecular weight excluding hydrogens is 381 g/mol. The maximum Gasteiger partial charge on any atom is 0.323 e. The van der Waals surface area contributed by atoms with Gasteiger partial charge in [0.2, 0.25) is 7.29 Å². The van der Waals surface area contributed by atoms with Crippen molar-refractivity contribution in [3.8, 4) is 6.07 Å². The van der Waals surface area contributed by atoms with Gasteiger partial charge >= 0.3 is 6.03 Å². The van der Waals surface area contributed by atoms with Gasteiger partial charge in [0, 0.05) is 23.7 Å². The van der Waals surface area contributed by atoms with Crippen LogP contribution in [-0.4, -0.2) is 17.5 Å². The normalized spacial score (nSPS) is 10.7. The second-order valence-corrected chi connectivity index (χ2v) is 8.99. The topological polar surface area (TPSA) is 73.2 Å². The molecule has 0 radical (unpaired) electrons. The summed E-state index contributed by atoms with van der Waals surface area (Å²) < 4.78 is 14.0. The molecule has 2 amide bonds. The lowest BCUT2D eigenvalue weighted by molar-refractivity contribution is 0.202. The van der Waals surface area contributed by atoms with E-state index in [4.69, 9.17) is 5.26 Å². The van der Waals surface area contributed by atoms with E-state index >= 15 is 0 Å². The SMILES string of the molecule is N#CCCN(Cc1ccccc1)C(=O)NP(=O)(c1ccccc1)c1ccccc1. The van der Waals surface area contributed by atoms with Gasteiger partial charge in [-0.3, -0.25) is 9.65 Å². The number of urea groups is 1. The van der Waals surface area contributed by atoms with Crippen molar-refractivity contribution in [3.05, 3.63) is 96.6 Å². The molecule has 0 heterocycles. The molecule has 0 bridgehead atoms. The van der Waals surface area contributed by atoms with Crippen LogP contribution >= 0.6 is 7.29 Å². The zero-order chi connectivity index (χ0) is 20.5. The highest BCUT2D eigenvalue weighted by atomic mass is 31.2. The summed E-state index contributed by atoms with van der Waals surface area (Å²) in [5.41, 5.74) is 0.940. The molecule has 0 unspecified atom stereocenters. The number of amides is 2. The first-order valence-electron chi connectivity index (χ1n) is 9.33. The maximum atomic E-state index is 14.0. The van der Waals surface area contributed by atoms with Crippen LogP contribution in [0.5, 0.6) is 0 Å². The summed E-state index contributed by atoms with van der Waals surface area (Å²) in [5.74, 6) is 0. The van der Waals surface area contributed by atoms with Gasteiger partial charge < -0.3 is 4.90 Å². The molecule has 5 nitrogen and oxygen atoms in total. The fraction of sp³-hybridized carbons (Fsp3) is 0.130. The maximum absolute atomic E-state index is 14.0. The number of rotatable bonds is 7. The van der Waals surface area contributed by atoms with Crippen molar-refractivity contribution in [1.29, 1.82) is 5.26 Å². The van der Waals surface area contributed by atoms with Crippen molar-refractivity contribution in [1.82, 2.24) is 9.99 Å². The third-order valence-corrected chi connectivity index (χ3v) is 7.05. The van der Waals surface area contributed by atoms with Gasteiger partial charge in [-0.05, 0) is 29.8 Å². The number of carbonyl (C=O) groups excluding carboxylic acids is 1. The lowest BCUT2D eigenvalue weighted by Gasteiger charge is -2.27. The Morgan fingerprint density at radius 2 is 1.34 bits per heavy atom. The van der Waals surface area contributed by atoms with E-state index in [9.17, 15) is 9.36 Å². The lowest BCUT2D eigenvalue weighted by Crippen LogP contribution is -2.42. The van der Waals surface area contributed by atoms with E-state index in [1.807, 2.05) is 42.5 Å². The van der Waals surface area contributed by atoms with Crippen LogP contribution < -0.4 is 15.7 Å². The van der Waals surface area contributed by atoms with Gasteiger partial charge in [0.1, 0.15) is 0 Å². The minimum absolute atomic E-state index is 0.196. The van der Waals surface area contributed by atoms with Gasteiger partial charge in [0.05, 0.1) is 12.5 Å². The van der Waals surface area contributed by atoms with Crippen LogP contribution in [-0.2, 0) is 11.1 Å². The molecule has 0 aromatic heterocycles. The smallest absolute Gasteiger partial charge is 0.319 e. The zero-order valence-electron chi connectivity index (χ0n) is 15.9. The lowest BCUT2D eigenvalue weighted by atomic mass is 10.2. The number of hydrogen-bond donors (Lipinski definition) is 1. The second-order valence-electron chi connectivity index (χ2n) is 6.51. The number of nitrogens with one attached hydrogen (secondary N) is 1. The van der Waals surface area contributed by atoms with Gasteiger partial charge in [-0.1, -0.05) is 66.7 Å². The van der Waals surface area contributed by atoms with Gasteiger partial charge in [0.25, 0.3) is 0 Å². The number of nitriles is 1. The van der Waals surface area contributed by atoms with Crippen LogP contribution in [0.15, 0.2) is 91.0 Å². The standard InChI is InChI=1S/C23H22N3O2P/c24-17-10-18-26(19-20-11-4-1-5-12-20)23(27)25-29(28,21-13-6-2-7-14-21)22-15-8-3-9-16-22/h1-9,11-16H,10,18-19H2,(H,25,27,28). The van der Waals surface area contributed by atoms with Crippen LogP contribution in [0.4, 0.5) is 4.79 Å². The first kappa shape index (κ1) is 20.4. The van der Waals surface area contributed by atoms with E-state index < -0.39 is 13.3 Å². The fourth-order valence-corrected chi connectivity index (χ4v) is 5.15. The Kier molecular flexibility index (Phi) is 6.84. The van der Waals surface area contributed by atoms with Gasteiger partial charge in [-0.25, -0.2) is 4.79 Å². The van der Waals surface area contributed by atoms with Gasteiger partial charge in [-0.2, -0.15) is 5.26 Å². The summed E-state index contributed by atoms with van der Waals surface area (Å²) in [7, 11) is -3.40. The second kappa shape index (κ2) is 9.73. The molecule has 0 spiro atoms. The molecular formula is C23H22N3O2P. The monoisotopic (exact) mass is 403 g/mol. The summed E-state index contributed by atoms with van der Waals surface area (Å²) in [6.45, 7) is 0.582. The summed E-state index contributed by atoms with van der Waals surface area (Å²) in [4.78, 5) is 14.7. The molecule has 3 rings (SSSR count). The van der Waals surface area contributed by atoms with Crippen LogP contribution in [0.1, 0.15) is 12.0 Å². The summed E-state index contributed by atoms with van der Waals surface area (Å²) >= 11 is 0. The predicted molar refractivity (Wildman–Crippen MR) is 115 cm³/mol. The highest BCUT2D eigenvalue weighted by molar-refractivity contribution is 7.77. The van der Waals surface area contributed by atoms with Crippen molar-refractivity contribution in [2.45, 2.75) is 13.0 Å². The minimum atomic E-state index is -3.40. The first-order chi connectivity index (χ1) is 14.1. The Morgan fingerprint density at radius 3 is 1.83 bits per heavy atom. The highest BCUT2D eigenvalue weighted by Gasteiger charge is 2.31. The van der Waals surface area contributed by atoms with E-state index in [2.05, 4.69) is 11.2 Å². The quantitative estimate of drug-likeness (QED) is 0.605. The minimum Gasteiger partial charge on any atom is -0.319 e. The van der Waals surface area contributed by atoms with Crippen LogP contribution in [0.3, 0.4) is 0 Å². The molecule has 1 N–H and O–H groups in total. The van der Waals surface area contributed by atoms with Crippen LogP contribution in [0.25, 0.3) is 0 Å². The summed E-state index contributed by atoms with van der Waals surface area (Å²) in [6, 6.07) is 29.1. The van der Waals surface area contributed by atoms with Crippen molar-refractivity contribution in [2.24, 2.45) is 0 Å². The largest absolute Gasteiger partial charge is 0.323 e. The Labute approximate surface area is 171 Å². The number of hydrogen-bond acceptors (Lipinski definition) is 3. The number of carbonyl (C=O) groups is 1. The fourth-order valence-electron chi connectivity index (χ4n) is 3.00. The van der Waals surface area contributed by atoms with E-state index in [-0.39, 0.29) is 13.0 Å². The molecule has 3 aromatic rings. The van der Waals surface area contributed by atoms with Crippen molar-refractivity contribution in [2.75, 3.05) is 6.54 Å². The van der Waals surface area contributed by atoms with E-state index in [1.165, 1.54) is 4.90 Å². The molecule has 0 saturated carbocycles. The van der Waals surface area contributed by atoms with Crippen molar-refractivity contribution in [3.63, 3.8) is 0 Å². The average molecular weight is 403 g/mol.